The molecule has 0 radical (unpaired) electrons. The molecule has 1 aromatic rings. The van der Waals surface area contributed by atoms with Gasteiger partial charge in [0.05, 0.1) is 12.2 Å². The van der Waals surface area contributed by atoms with Crippen molar-refractivity contribution in [2.24, 2.45) is 5.92 Å². The first-order valence-electron chi connectivity index (χ1n) is 7.43. The Morgan fingerprint density at radius 3 is 2.52 bits per heavy atom. The summed E-state index contributed by atoms with van der Waals surface area (Å²) >= 11 is 0. The molecular formula is C16H20F2O3. The average Bonchev–Trinajstić information content (AvgIpc) is 3.26. The Morgan fingerprint density at radius 2 is 1.86 bits per heavy atom. The molecule has 0 heterocycles. The minimum Gasteiger partial charge on any atom is -0.490 e. The first-order valence-corrected chi connectivity index (χ1v) is 7.43. The molecule has 0 aromatic heterocycles. The third-order valence-electron chi connectivity index (χ3n) is 3.74. The molecule has 1 aliphatic rings. The van der Waals surface area contributed by atoms with Crippen LogP contribution in [-0.4, -0.2) is 17.7 Å². The van der Waals surface area contributed by atoms with Gasteiger partial charge in [-0.25, -0.2) is 9.18 Å². The van der Waals surface area contributed by atoms with Gasteiger partial charge in [0.15, 0.2) is 11.6 Å². The molecule has 3 nitrogen and oxygen atoms in total. The Hall–Kier alpha value is -1.65. The van der Waals surface area contributed by atoms with Crippen molar-refractivity contribution in [1.82, 2.24) is 0 Å². The van der Waals surface area contributed by atoms with E-state index >= 15 is 0 Å². The van der Waals surface area contributed by atoms with Gasteiger partial charge in [0.2, 0.25) is 5.82 Å². The van der Waals surface area contributed by atoms with Crippen molar-refractivity contribution in [3.63, 3.8) is 0 Å². The van der Waals surface area contributed by atoms with Crippen molar-refractivity contribution in [3.05, 3.63) is 29.3 Å². The van der Waals surface area contributed by atoms with E-state index in [1.54, 1.807) is 0 Å². The minimum absolute atomic E-state index is 0.226. The lowest BCUT2D eigenvalue weighted by Crippen LogP contribution is -2.06. The fourth-order valence-corrected chi connectivity index (χ4v) is 2.29. The van der Waals surface area contributed by atoms with E-state index in [1.807, 2.05) is 0 Å². The molecule has 116 valence electrons. The number of carboxylic acid groups (broad SMARTS) is 1. The van der Waals surface area contributed by atoms with Crippen molar-refractivity contribution in [3.8, 4) is 5.75 Å². The maximum absolute atomic E-state index is 13.6. The van der Waals surface area contributed by atoms with Crippen molar-refractivity contribution >= 4 is 5.97 Å². The summed E-state index contributed by atoms with van der Waals surface area (Å²) in [5.41, 5.74) is -0.681. The molecule has 1 saturated carbocycles. The zero-order chi connectivity index (χ0) is 15.2. The molecule has 1 aromatic carbocycles. The number of halogens is 2. The summed E-state index contributed by atoms with van der Waals surface area (Å²) in [4.78, 5) is 10.7. The van der Waals surface area contributed by atoms with Crippen LogP contribution >= 0.6 is 0 Å². The number of rotatable bonds is 9. The number of benzene rings is 1. The van der Waals surface area contributed by atoms with Crippen LogP contribution in [0.15, 0.2) is 12.1 Å². The lowest BCUT2D eigenvalue weighted by atomic mass is 10.1. The molecule has 5 heteroatoms. The van der Waals surface area contributed by atoms with Gasteiger partial charge in [0.25, 0.3) is 0 Å². The summed E-state index contributed by atoms with van der Waals surface area (Å²) in [7, 11) is 0. The van der Waals surface area contributed by atoms with Crippen LogP contribution in [-0.2, 0) is 0 Å². The standard InChI is InChI=1S/C16H20F2O3/c17-14-12(16(19)20)8-9-13(15(14)18)21-10-4-2-1-3-5-11-6-7-11/h8-9,11H,1-7,10H2,(H,19,20). The first-order chi connectivity index (χ1) is 10.1. The van der Waals surface area contributed by atoms with Gasteiger partial charge in [-0.1, -0.05) is 38.5 Å². The summed E-state index contributed by atoms with van der Waals surface area (Å²) < 4.78 is 32.2. The Kier molecular flexibility index (Phi) is 5.53. The molecule has 2 rings (SSSR count). The maximum atomic E-state index is 13.6. The number of carbonyl (C=O) groups is 1. The molecule has 0 saturated heterocycles. The normalized spacial score (nSPS) is 14.2. The number of carboxylic acids is 1. The summed E-state index contributed by atoms with van der Waals surface area (Å²) in [5.74, 6) is -3.37. The SMILES string of the molecule is O=C(O)c1ccc(OCCCCCCC2CC2)c(F)c1F. The third-order valence-corrected chi connectivity index (χ3v) is 3.74. The second-order valence-electron chi connectivity index (χ2n) is 5.54. The molecule has 0 spiro atoms. The van der Waals surface area contributed by atoms with Gasteiger partial charge < -0.3 is 9.84 Å². The highest BCUT2D eigenvalue weighted by Gasteiger charge is 2.20. The van der Waals surface area contributed by atoms with E-state index in [0.717, 1.165) is 37.3 Å². The Labute approximate surface area is 122 Å². The highest BCUT2D eigenvalue weighted by atomic mass is 19.2. The number of hydrogen-bond donors (Lipinski definition) is 1. The molecule has 1 fully saturated rings. The van der Waals surface area contributed by atoms with Crippen LogP contribution in [0.3, 0.4) is 0 Å². The molecule has 1 aliphatic carbocycles. The van der Waals surface area contributed by atoms with Crippen LogP contribution in [0, 0.1) is 17.6 Å². The van der Waals surface area contributed by atoms with Gasteiger partial charge in [-0.3, -0.25) is 0 Å². The predicted molar refractivity (Wildman–Crippen MR) is 74.6 cm³/mol. The summed E-state index contributed by atoms with van der Waals surface area (Å²) in [5, 5.41) is 8.67. The van der Waals surface area contributed by atoms with Gasteiger partial charge in [0.1, 0.15) is 0 Å². The van der Waals surface area contributed by atoms with Crippen LogP contribution in [0.25, 0.3) is 0 Å². The van der Waals surface area contributed by atoms with E-state index in [0.29, 0.717) is 6.61 Å². The second-order valence-corrected chi connectivity index (χ2v) is 5.54. The molecule has 21 heavy (non-hydrogen) atoms. The monoisotopic (exact) mass is 298 g/mol. The van der Waals surface area contributed by atoms with Crippen molar-refractivity contribution in [2.75, 3.05) is 6.61 Å². The lowest BCUT2D eigenvalue weighted by Gasteiger charge is -2.08. The smallest absolute Gasteiger partial charge is 0.338 e. The van der Waals surface area contributed by atoms with Gasteiger partial charge in [-0.15, -0.1) is 0 Å². The van der Waals surface area contributed by atoms with E-state index in [1.165, 1.54) is 25.7 Å². The molecule has 0 bridgehead atoms. The van der Waals surface area contributed by atoms with E-state index < -0.39 is 23.2 Å². The predicted octanol–water partition coefficient (Wildman–Crippen LogP) is 4.40. The van der Waals surface area contributed by atoms with Crippen LogP contribution in [0.5, 0.6) is 5.75 Å². The molecule has 0 unspecified atom stereocenters. The molecule has 0 atom stereocenters. The fraction of sp³-hybridized carbons (Fsp3) is 0.562. The van der Waals surface area contributed by atoms with Crippen molar-refractivity contribution in [2.45, 2.75) is 44.9 Å². The largest absolute Gasteiger partial charge is 0.490 e. The van der Waals surface area contributed by atoms with Crippen LogP contribution in [0.1, 0.15) is 55.3 Å². The number of ether oxygens (including phenoxy) is 1. The van der Waals surface area contributed by atoms with Gasteiger partial charge in [0, 0.05) is 0 Å². The second kappa shape index (κ2) is 7.38. The van der Waals surface area contributed by atoms with E-state index in [-0.39, 0.29) is 5.75 Å². The zero-order valence-corrected chi connectivity index (χ0v) is 11.9. The summed E-state index contributed by atoms with van der Waals surface area (Å²) in [6.07, 6.45) is 8.20. The van der Waals surface area contributed by atoms with Crippen LogP contribution < -0.4 is 4.74 Å². The molecule has 0 amide bonds. The topological polar surface area (TPSA) is 46.5 Å². The first kappa shape index (κ1) is 15.7. The molecule has 0 aliphatic heterocycles. The highest BCUT2D eigenvalue weighted by Crippen LogP contribution is 2.34. The zero-order valence-electron chi connectivity index (χ0n) is 11.9. The van der Waals surface area contributed by atoms with Crippen molar-refractivity contribution < 1.29 is 23.4 Å². The average molecular weight is 298 g/mol. The molecule has 1 N–H and O–H groups in total. The Balaban J connectivity index is 1.70. The summed E-state index contributed by atoms with van der Waals surface area (Å²) in [6.45, 7) is 0.312. The Morgan fingerprint density at radius 1 is 1.14 bits per heavy atom. The maximum Gasteiger partial charge on any atom is 0.338 e. The van der Waals surface area contributed by atoms with Crippen LogP contribution in [0.2, 0.25) is 0 Å². The molecular weight excluding hydrogens is 278 g/mol. The lowest BCUT2D eigenvalue weighted by molar-refractivity contribution is 0.0690. The third kappa shape index (κ3) is 4.69. The van der Waals surface area contributed by atoms with Gasteiger partial charge >= 0.3 is 5.97 Å². The number of hydrogen-bond acceptors (Lipinski definition) is 2. The van der Waals surface area contributed by atoms with E-state index in [2.05, 4.69) is 0 Å². The van der Waals surface area contributed by atoms with Gasteiger partial charge in [-0.2, -0.15) is 4.39 Å². The van der Waals surface area contributed by atoms with Crippen molar-refractivity contribution in [1.29, 1.82) is 0 Å². The summed E-state index contributed by atoms with van der Waals surface area (Å²) in [6, 6.07) is 2.18. The Bertz CT molecular complexity index is 499. The highest BCUT2D eigenvalue weighted by molar-refractivity contribution is 5.88. The number of unbranched alkanes of at least 4 members (excludes halogenated alkanes) is 3. The van der Waals surface area contributed by atoms with Crippen LogP contribution in [0.4, 0.5) is 8.78 Å². The number of aromatic carboxylic acids is 1. The van der Waals surface area contributed by atoms with Gasteiger partial charge in [-0.05, 0) is 24.5 Å². The van der Waals surface area contributed by atoms with E-state index in [9.17, 15) is 13.6 Å². The fourth-order valence-electron chi connectivity index (χ4n) is 2.29. The minimum atomic E-state index is -1.49. The van der Waals surface area contributed by atoms with E-state index in [4.69, 9.17) is 9.84 Å². The quantitative estimate of drug-likeness (QED) is 0.687.